The third-order valence-electron chi connectivity index (χ3n) is 2.69. The summed E-state index contributed by atoms with van der Waals surface area (Å²) in [6.07, 6.45) is 2.76. The molecule has 0 radical (unpaired) electrons. The van der Waals surface area contributed by atoms with E-state index in [0.29, 0.717) is 5.25 Å². The molecule has 80 valence electrons. The maximum Gasteiger partial charge on any atom is 0.156 e. The zero-order valence-electron chi connectivity index (χ0n) is 8.66. The largest absolute Gasteiger partial charge is 0.365 e. The number of amidine groups is 1. The van der Waals surface area contributed by atoms with Crippen LogP contribution in [0.1, 0.15) is 19.8 Å². The number of nitrogens with one attached hydrogen (secondary N) is 1. The first kappa shape index (κ1) is 10.7. The average molecular weight is 230 g/mol. The fourth-order valence-corrected chi connectivity index (χ4v) is 3.81. The molecule has 4 heteroatoms. The van der Waals surface area contributed by atoms with Gasteiger partial charge < -0.3 is 5.32 Å². The lowest BCUT2D eigenvalue weighted by molar-refractivity contribution is 0.483. The quantitative estimate of drug-likeness (QED) is 0.787. The number of hydrogen-bond acceptors (Lipinski definition) is 4. The molecule has 1 saturated heterocycles. The second-order valence-corrected chi connectivity index (χ2v) is 6.66. The van der Waals surface area contributed by atoms with Crippen molar-refractivity contribution in [2.45, 2.75) is 25.0 Å². The Labute approximate surface area is 94.7 Å². The fourth-order valence-electron chi connectivity index (χ4n) is 1.76. The van der Waals surface area contributed by atoms with E-state index in [-0.39, 0.29) is 0 Å². The van der Waals surface area contributed by atoms with Crippen LogP contribution in [0.5, 0.6) is 0 Å². The molecule has 0 bridgehead atoms. The van der Waals surface area contributed by atoms with E-state index in [1.54, 1.807) is 0 Å². The van der Waals surface area contributed by atoms with Crippen molar-refractivity contribution in [1.29, 1.82) is 0 Å². The molecule has 2 aliphatic rings. The molecule has 0 aromatic heterocycles. The summed E-state index contributed by atoms with van der Waals surface area (Å²) in [4.78, 5) is 4.46. The van der Waals surface area contributed by atoms with Crippen molar-refractivity contribution in [3.05, 3.63) is 0 Å². The molecule has 1 N–H and O–H groups in total. The van der Waals surface area contributed by atoms with Gasteiger partial charge in [-0.2, -0.15) is 11.8 Å². The molecule has 1 atom stereocenters. The van der Waals surface area contributed by atoms with Crippen LogP contribution < -0.4 is 5.32 Å². The van der Waals surface area contributed by atoms with Gasteiger partial charge in [0.1, 0.15) is 0 Å². The molecule has 0 aromatic rings. The topological polar surface area (TPSA) is 24.4 Å². The summed E-state index contributed by atoms with van der Waals surface area (Å²) in [5.41, 5.74) is 0. The van der Waals surface area contributed by atoms with Crippen molar-refractivity contribution in [3.63, 3.8) is 0 Å². The van der Waals surface area contributed by atoms with Gasteiger partial charge in [-0.05, 0) is 30.3 Å². The lowest BCUT2D eigenvalue weighted by Crippen LogP contribution is -2.28. The molecule has 0 aromatic carbocycles. The first-order valence-corrected chi connectivity index (χ1v) is 7.41. The minimum absolute atomic E-state index is 0.680. The van der Waals surface area contributed by atoms with Crippen LogP contribution in [0.15, 0.2) is 4.99 Å². The number of hydrogen-bond donors (Lipinski definition) is 1. The minimum atomic E-state index is 0.680. The highest BCUT2D eigenvalue weighted by Crippen LogP contribution is 2.23. The number of rotatable bonds is 2. The van der Waals surface area contributed by atoms with Gasteiger partial charge in [0.05, 0.1) is 6.54 Å². The van der Waals surface area contributed by atoms with Gasteiger partial charge in [-0.25, -0.2) is 0 Å². The summed E-state index contributed by atoms with van der Waals surface area (Å²) in [5, 5.41) is 5.34. The highest BCUT2D eigenvalue weighted by molar-refractivity contribution is 8.14. The van der Waals surface area contributed by atoms with Crippen LogP contribution in [0.3, 0.4) is 0 Å². The highest BCUT2D eigenvalue weighted by Gasteiger charge is 2.17. The second kappa shape index (κ2) is 5.31. The normalized spacial score (nSPS) is 28.9. The van der Waals surface area contributed by atoms with E-state index < -0.39 is 0 Å². The smallest absolute Gasteiger partial charge is 0.156 e. The lowest BCUT2D eigenvalue weighted by Gasteiger charge is -2.21. The molecule has 2 rings (SSSR count). The monoisotopic (exact) mass is 230 g/mol. The van der Waals surface area contributed by atoms with Crippen LogP contribution in [-0.4, -0.2) is 35.0 Å². The zero-order valence-corrected chi connectivity index (χ0v) is 10.3. The van der Waals surface area contributed by atoms with Gasteiger partial charge in [0, 0.05) is 11.8 Å². The Hall–Kier alpha value is 0.170. The van der Waals surface area contributed by atoms with Gasteiger partial charge in [0.25, 0.3) is 0 Å². The number of thioether (sulfide) groups is 2. The molecule has 0 saturated carbocycles. The Morgan fingerprint density at radius 1 is 1.43 bits per heavy atom. The molecule has 1 fully saturated rings. The molecule has 0 spiro atoms. The van der Waals surface area contributed by atoms with Crippen molar-refractivity contribution in [2.24, 2.45) is 10.9 Å². The molecule has 0 amide bonds. The predicted molar refractivity (Wildman–Crippen MR) is 67.4 cm³/mol. The van der Waals surface area contributed by atoms with E-state index in [0.717, 1.165) is 19.0 Å². The van der Waals surface area contributed by atoms with Gasteiger partial charge >= 0.3 is 0 Å². The van der Waals surface area contributed by atoms with Crippen molar-refractivity contribution >= 4 is 28.7 Å². The van der Waals surface area contributed by atoms with E-state index >= 15 is 0 Å². The van der Waals surface area contributed by atoms with Crippen LogP contribution in [0.25, 0.3) is 0 Å². The van der Waals surface area contributed by atoms with Crippen LogP contribution in [-0.2, 0) is 0 Å². The zero-order chi connectivity index (χ0) is 9.80. The van der Waals surface area contributed by atoms with Crippen LogP contribution in [0, 0.1) is 5.92 Å². The summed E-state index contributed by atoms with van der Waals surface area (Å²) in [7, 11) is 0. The number of aliphatic imine (C=N–C) groups is 1. The van der Waals surface area contributed by atoms with Gasteiger partial charge in [-0.3, -0.25) is 4.99 Å². The van der Waals surface area contributed by atoms with Crippen molar-refractivity contribution in [2.75, 3.05) is 24.6 Å². The average Bonchev–Trinajstić information content (AvgIpc) is 2.63. The highest BCUT2D eigenvalue weighted by atomic mass is 32.2. The van der Waals surface area contributed by atoms with E-state index in [9.17, 15) is 0 Å². The first-order valence-electron chi connectivity index (χ1n) is 5.37. The Morgan fingerprint density at radius 3 is 2.86 bits per heavy atom. The van der Waals surface area contributed by atoms with Crippen molar-refractivity contribution < 1.29 is 0 Å². The number of nitrogens with zero attached hydrogens (tertiary/aromatic N) is 1. The molecule has 0 aliphatic carbocycles. The predicted octanol–water partition coefficient (Wildman–Crippen LogP) is 2.21. The van der Waals surface area contributed by atoms with Gasteiger partial charge in [0.2, 0.25) is 0 Å². The lowest BCUT2D eigenvalue weighted by atomic mass is 10.0. The van der Waals surface area contributed by atoms with Gasteiger partial charge in [0.15, 0.2) is 5.17 Å². The molecule has 2 heterocycles. The Morgan fingerprint density at radius 2 is 2.21 bits per heavy atom. The summed E-state index contributed by atoms with van der Waals surface area (Å²) in [5.74, 6) is 3.58. The SMILES string of the molecule is CC1CN=C(NCC2CCSCC2)S1. The summed E-state index contributed by atoms with van der Waals surface area (Å²) in [6.45, 7) is 4.37. The van der Waals surface area contributed by atoms with Crippen LogP contribution in [0.4, 0.5) is 0 Å². The van der Waals surface area contributed by atoms with E-state index in [4.69, 9.17) is 0 Å². The third kappa shape index (κ3) is 3.09. The standard InChI is InChI=1S/C10H18N2S2/c1-8-6-11-10(14-8)12-7-9-2-4-13-5-3-9/h8-9H,2-7H2,1H3,(H,11,12). The molecular formula is C10H18N2S2. The molecule has 1 unspecified atom stereocenters. The second-order valence-electron chi connectivity index (χ2n) is 4.01. The Kier molecular flexibility index (Phi) is 4.05. The maximum atomic E-state index is 4.46. The summed E-state index contributed by atoms with van der Waals surface area (Å²) >= 11 is 3.98. The molecule has 2 nitrogen and oxygen atoms in total. The Balaban J connectivity index is 1.66. The fraction of sp³-hybridized carbons (Fsp3) is 0.900. The van der Waals surface area contributed by atoms with Crippen LogP contribution >= 0.6 is 23.5 Å². The summed E-state index contributed by atoms with van der Waals surface area (Å²) < 4.78 is 0. The van der Waals surface area contributed by atoms with E-state index in [2.05, 4.69) is 29.0 Å². The van der Waals surface area contributed by atoms with E-state index in [1.807, 2.05) is 11.8 Å². The minimum Gasteiger partial charge on any atom is -0.365 e. The Bertz CT molecular complexity index is 212. The first-order chi connectivity index (χ1) is 6.84. The molecular weight excluding hydrogens is 212 g/mol. The van der Waals surface area contributed by atoms with E-state index in [1.165, 1.54) is 29.5 Å². The van der Waals surface area contributed by atoms with Gasteiger partial charge in [-0.1, -0.05) is 18.7 Å². The maximum absolute atomic E-state index is 4.46. The molecule has 2 aliphatic heterocycles. The summed E-state index contributed by atoms with van der Waals surface area (Å²) in [6, 6.07) is 0. The molecule has 14 heavy (non-hydrogen) atoms. The third-order valence-corrected chi connectivity index (χ3v) is 4.78. The van der Waals surface area contributed by atoms with Crippen molar-refractivity contribution in [3.8, 4) is 0 Å². The van der Waals surface area contributed by atoms with Crippen molar-refractivity contribution in [1.82, 2.24) is 5.32 Å². The van der Waals surface area contributed by atoms with Gasteiger partial charge in [-0.15, -0.1) is 0 Å². The van der Waals surface area contributed by atoms with Crippen LogP contribution in [0.2, 0.25) is 0 Å².